The first-order chi connectivity index (χ1) is 5.92. The molecule has 2 rings (SSSR count). The van der Waals surface area contributed by atoms with Crippen molar-refractivity contribution in [1.82, 2.24) is 0 Å². The van der Waals surface area contributed by atoms with Crippen LogP contribution >= 0.6 is 11.9 Å². The van der Waals surface area contributed by atoms with Gasteiger partial charge in [0.05, 0.1) is 5.69 Å². The van der Waals surface area contributed by atoms with Crippen LogP contribution in [0.4, 0.5) is 5.69 Å². The van der Waals surface area contributed by atoms with Gasteiger partial charge < -0.3 is 4.72 Å². The molecule has 1 aliphatic heterocycles. The molecule has 0 unspecified atom stereocenters. The Morgan fingerprint density at radius 1 is 1.33 bits per heavy atom. The Balaban J connectivity index is 2.55. The quantitative estimate of drug-likeness (QED) is 0.527. The lowest BCUT2D eigenvalue weighted by Gasteiger charge is -2.14. The van der Waals surface area contributed by atoms with E-state index in [1.807, 2.05) is 29.7 Å². The molecule has 0 aromatic heterocycles. The minimum Gasteiger partial charge on any atom is -0.326 e. The standard InChI is InChI=1S/C9H7NOS/c11-5-7-6-12-10-9-4-2-1-3-8(7)9/h1-6,10H. The molecule has 1 heterocycles. The van der Waals surface area contributed by atoms with Crippen molar-refractivity contribution in [2.75, 3.05) is 4.72 Å². The van der Waals surface area contributed by atoms with Crippen LogP contribution in [0.25, 0.3) is 5.57 Å². The summed E-state index contributed by atoms with van der Waals surface area (Å²) in [6.45, 7) is 0. The summed E-state index contributed by atoms with van der Waals surface area (Å²) in [4.78, 5) is 10.6. The second kappa shape index (κ2) is 3.03. The third-order valence-corrected chi connectivity index (χ3v) is 2.43. The highest BCUT2D eigenvalue weighted by atomic mass is 32.2. The molecule has 0 bridgehead atoms. The maximum absolute atomic E-state index is 10.6. The molecule has 0 atom stereocenters. The van der Waals surface area contributed by atoms with E-state index in [-0.39, 0.29) is 0 Å². The minimum absolute atomic E-state index is 0.745. The predicted octanol–water partition coefficient (Wildman–Crippen LogP) is 2.30. The Bertz CT molecular complexity index is 346. The van der Waals surface area contributed by atoms with Gasteiger partial charge in [-0.05, 0) is 18.0 Å². The van der Waals surface area contributed by atoms with E-state index in [4.69, 9.17) is 0 Å². The van der Waals surface area contributed by atoms with Gasteiger partial charge in [-0.1, -0.05) is 18.2 Å². The van der Waals surface area contributed by atoms with E-state index in [9.17, 15) is 4.79 Å². The topological polar surface area (TPSA) is 29.1 Å². The van der Waals surface area contributed by atoms with Crippen molar-refractivity contribution in [2.24, 2.45) is 0 Å². The van der Waals surface area contributed by atoms with Gasteiger partial charge in [-0.25, -0.2) is 0 Å². The summed E-state index contributed by atoms with van der Waals surface area (Å²) in [6.07, 6.45) is 0.882. The molecule has 0 saturated carbocycles. The van der Waals surface area contributed by atoms with Crippen LogP contribution in [0.15, 0.2) is 29.7 Å². The second-order valence-electron chi connectivity index (χ2n) is 2.46. The van der Waals surface area contributed by atoms with Gasteiger partial charge in [-0.2, -0.15) is 0 Å². The van der Waals surface area contributed by atoms with Crippen LogP contribution in [0.5, 0.6) is 0 Å². The summed E-state index contributed by atoms with van der Waals surface area (Å²) in [7, 11) is 0. The Kier molecular flexibility index (Phi) is 1.87. The first kappa shape index (κ1) is 7.43. The first-order valence-corrected chi connectivity index (χ1v) is 4.46. The minimum atomic E-state index is 0.745. The molecule has 1 N–H and O–H groups in total. The van der Waals surface area contributed by atoms with Crippen molar-refractivity contribution in [2.45, 2.75) is 0 Å². The molecular weight excluding hydrogens is 170 g/mol. The van der Waals surface area contributed by atoms with Crippen LogP contribution in [0, 0.1) is 0 Å². The molecule has 0 amide bonds. The normalized spacial score (nSPS) is 14.2. The molecule has 12 heavy (non-hydrogen) atoms. The molecule has 1 aromatic rings. The van der Waals surface area contributed by atoms with Gasteiger partial charge in [0.2, 0.25) is 0 Å². The fourth-order valence-corrected chi connectivity index (χ4v) is 1.81. The fraction of sp³-hybridized carbons (Fsp3) is 0. The highest BCUT2D eigenvalue weighted by Gasteiger charge is 2.09. The lowest BCUT2D eigenvalue weighted by Crippen LogP contribution is -1.97. The van der Waals surface area contributed by atoms with Crippen molar-refractivity contribution in [3.8, 4) is 0 Å². The van der Waals surface area contributed by atoms with Gasteiger partial charge in [0.15, 0.2) is 6.29 Å². The summed E-state index contributed by atoms with van der Waals surface area (Å²) in [5, 5.41) is 1.81. The van der Waals surface area contributed by atoms with Crippen LogP contribution in [-0.4, -0.2) is 6.29 Å². The van der Waals surface area contributed by atoms with E-state index < -0.39 is 0 Å². The van der Waals surface area contributed by atoms with Crippen molar-refractivity contribution in [1.29, 1.82) is 0 Å². The third kappa shape index (κ3) is 1.12. The number of aldehydes is 1. The molecule has 0 aliphatic carbocycles. The van der Waals surface area contributed by atoms with Gasteiger partial charge in [0.25, 0.3) is 0 Å². The third-order valence-electron chi connectivity index (χ3n) is 1.72. The Morgan fingerprint density at radius 3 is 3.00 bits per heavy atom. The number of hydrogen-bond donors (Lipinski definition) is 1. The number of para-hydroxylation sites is 1. The average Bonchev–Trinajstić information content (AvgIpc) is 2.17. The van der Waals surface area contributed by atoms with Crippen molar-refractivity contribution < 1.29 is 4.79 Å². The highest BCUT2D eigenvalue weighted by Crippen LogP contribution is 2.30. The number of hydrogen-bond acceptors (Lipinski definition) is 3. The second-order valence-corrected chi connectivity index (χ2v) is 3.13. The largest absolute Gasteiger partial charge is 0.326 e. The van der Waals surface area contributed by atoms with Crippen LogP contribution < -0.4 is 4.72 Å². The van der Waals surface area contributed by atoms with E-state index in [0.29, 0.717) is 0 Å². The number of carbonyl (C=O) groups excluding carboxylic acids is 1. The molecule has 0 fully saturated rings. The highest BCUT2D eigenvalue weighted by molar-refractivity contribution is 8.03. The monoisotopic (exact) mass is 177 g/mol. The number of rotatable bonds is 1. The zero-order chi connectivity index (χ0) is 8.39. The average molecular weight is 177 g/mol. The SMILES string of the molecule is O=CC1=CSNc2ccccc21. The molecular formula is C9H7NOS. The number of anilines is 1. The summed E-state index contributed by atoms with van der Waals surface area (Å²) in [5.41, 5.74) is 2.73. The predicted molar refractivity (Wildman–Crippen MR) is 51.7 cm³/mol. The van der Waals surface area contributed by atoms with Crippen molar-refractivity contribution in [3.05, 3.63) is 35.2 Å². The Morgan fingerprint density at radius 2 is 2.17 bits per heavy atom. The Hall–Kier alpha value is -1.22. The number of allylic oxidation sites excluding steroid dienone is 1. The molecule has 60 valence electrons. The van der Waals surface area contributed by atoms with Gasteiger partial charge in [0, 0.05) is 16.5 Å². The zero-order valence-electron chi connectivity index (χ0n) is 6.28. The lowest BCUT2D eigenvalue weighted by molar-refractivity contribution is -0.103. The molecule has 1 aliphatic rings. The van der Waals surface area contributed by atoms with E-state index in [1.54, 1.807) is 0 Å². The summed E-state index contributed by atoms with van der Waals surface area (Å²) in [5.74, 6) is 0. The Labute approximate surface area is 74.8 Å². The zero-order valence-corrected chi connectivity index (χ0v) is 7.10. The summed E-state index contributed by atoms with van der Waals surface area (Å²) in [6, 6.07) is 7.76. The maximum Gasteiger partial charge on any atom is 0.151 e. The summed E-state index contributed by atoms with van der Waals surface area (Å²) < 4.78 is 3.11. The lowest BCUT2D eigenvalue weighted by atomic mass is 10.1. The van der Waals surface area contributed by atoms with Crippen LogP contribution in [-0.2, 0) is 4.79 Å². The van der Waals surface area contributed by atoms with Gasteiger partial charge in [0.1, 0.15) is 0 Å². The van der Waals surface area contributed by atoms with E-state index >= 15 is 0 Å². The maximum atomic E-state index is 10.6. The molecule has 2 nitrogen and oxygen atoms in total. The number of benzene rings is 1. The van der Waals surface area contributed by atoms with Gasteiger partial charge >= 0.3 is 0 Å². The first-order valence-electron chi connectivity index (χ1n) is 3.58. The van der Waals surface area contributed by atoms with E-state index in [1.165, 1.54) is 11.9 Å². The summed E-state index contributed by atoms with van der Waals surface area (Å²) >= 11 is 1.43. The van der Waals surface area contributed by atoms with Crippen molar-refractivity contribution >= 4 is 29.5 Å². The van der Waals surface area contributed by atoms with Crippen LogP contribution in [0.1, 0.15) is 5.56 Å². The molecule has 1 aromatic carbocycles. The van der Waals surface area contributed by atoms with Crippen LogP contribution in [0.3, 0.4) is 0 Å². The molecule has 0 radical (unpaired) electrons. The number of nitrogens with one attached hydrogen (secondary N) is 1. The molecule has 0 saturated heterocycles. The number of carbonyl (C=O) groups is 1. The fourth-order valence-electron chi connectivity index (χ4n) is 1.14. The smallest absolute Gasteiger partial charge is 0.151 e. The van der Waals surface area contributed by atoms with Gasteiger partial charge in [-0.3, -0.25) is 4.79 Å². The number of fused-ring (bicyclic) bond motifs is 1. The molecule has 0 spiro atoms. The van der Waals surface area contributed by atoms with E-state index in [2.05, 4.69) is 4.72 Å². The molecule has 3 heteroatoms. The van der Waals surface area contributed by atoms with Crippen molar-refractivity contribution in [3.63, 3.8) is 0 Å². The van der Waals surface area contributed by atoms with E-state index in [0.717, 1.165) is 23.1 Å². The van der Waals surface area contributed by atoms with Crippen LogP contribution in [0.2, 0.25) is 0 Å². The van der Waals surface area contributed by atoms with Gasteiger partial charge in [-0.15, -0.1) is 0 Å².